The van der Waals surface area contributed by atoms with Gasteiger partial charge in [-0.3, -0.25) is 14.6 Å². The van der Waals surface area contributed by atoms with Crippen LogP contribution in [0.1, 0.15) is 31.7 Å². The normalized spacial score (nSPS) is 16.2. The van der Waals surface area contributed by atoms with Crippen molar-refractivity contribution < 1.29 is 0 Å². The van der Waals surface area contributed by atoms with Crippen LogP contribution in [0.25, 0.3) is 22.2 Å². The first kappa shape index (κ1) is 11.5. The molecule has 0 radical (unpaired) electrons. The first-order valence-corrected chi connectivity index (χ1v) is 6.93. The molecule has 1 aliphatic carbocycles. The lowest BCUT2D eigenvalue weighted by Gasteiger charge is -2.10. The number of aromatic amines is 2. The quantitative estimate of drug-likeness (QED) is 0.748. The zero-order valence-corrected chi connectivity index (χ0v) is 11.0. The highest BCUT2D eigenvalue weighted by Crippen LogP contribution is 2.34. The minimum absolute atomic E-state index is 0.0945. The SMILES string of the molecule is O=c1[nH]ccc2c1c(-c1cn[nH]c1)nn2C1CCCC1. The highest BCUT2D eigenvalue weighted by molar-refractivity contribution is 5.92. The van der Waals surface area contributed by atoms with E-state index in [1.165, 1.54) is 12.8 Å². The smallest absolute Gasteiger partial charge is 0.259 e. The molecule has 3 aromatic rings. The maximum atomic E-state index is 12.2. The molecule has 0 bridgehead atoms. The Bertz CT molecular complexity index is 793. The number of rotatable bonds is 2. The molecular weight excluding hydrogens is 254 g/mol. The fourth-order valence-corrected chi connectivity index (χ4v) is 3.11. The Morgan fingerprint density at radius 1 is 1.30 bits per heavy atom. The second kappa shape index (κ2) is 4.33. The van der Waals surface area contributed by atoms with E-state index >= 15 is 0 Å². The van der Waals surface area contributed by atoms with Crippen molar-refractivity contribution in [2.45, 2.75) is 31.7 Å². The molecule has 6 heteroatoms. The van der Waals surface area contributed by atoms with Crippen molar-refractivity contribution in [2.75, 3.05) is 0 Å². The minimum Gasteiger partial charge on any atom is -0.328 e. The van der Waals surface area contributed by atoms with Gasteiger partial charge in [0.25, 0.3) is 5.56 Å². The predicted molar refractivity (Wildman–Crippen MR) is 75.4 cm³/mol. The van der Waals surface area contributed by atoms with Gasteiger partial charge in [0.05, 0.1) is 23.1 Å². The van der Waals surface area contributed by atoms with E-state index in [-0.39, 0.29) is 5.56 Å². The van der Waals surface area contributed by atoms with Crippen molar-refractivity contribution in [3.8, 4) is 11.3 Å². The summed E-state index contributed by atoms with van der Waals surface area (Å²) in [5, 5.41) is 12.1. The summed E-state index contributed by atoms with van der Waals surface area (Å²) in [6.45, 7) is 0. The molecule has 3 aromatic heterocycles. The van der Waals surface area contributed by atoms with Crippen LogP contribution in [0, 0.1) is 0 Å². The van der Waals surface area contributed by atoms with E-state index in [0.29, 0.717) is 17.1 Å². The Morgan fingerprint density at radius 3 is 2.90 bits per heavy atom. The second-order valence-corrected chi connectivity index (χ2v) is 5.29. The molecule has 0 saturated heterocycles. The van der Waals surface area contributed by atoms with Crippen LogP contribution in [-0.4, -0.2) is 25.0 Å². The molecule has 20 heavy (non-hydrogen) atoms. The van der Waals surface area contributed by atoms with Crippen molar-refractivity contribution >= 4 is 10.9 Å². The molecular formula is C14H15N5O. The molecule has 0 amide bonds. The lowest BCUT2D eigenvalue weighted by Crippen LogP contribution is -2.08. The van der Waals surface area contributed by atoms with Crippen LogP contribution < -0.4 is 5.56 Å². The van der Waals surface area contributed by atoms with Crippen molar-refractivity contribution in [2.24, 2.45) is 0 Å². The van der Waals surface area contributed by atoms with Gasteiger partial charge in [-0.1, -0.05) is 12.8 Å². The maximum Gasteiger partial charge on any atom is 0.259 e. The molecule has 2 N–H and O–H groups in total. The number of pyridine rings is 1. The van der Waals surface area contributed by atoms with E-state index in [0.717, 1.165) is 23.9 Å². The van der Waals surface area contributed by atoms with Crippen LogP contribution in [-0.2, 0) is 0 Å². The third-order valence-electron chi connectivity index (χ3n) is 4.07. The number of fused-ring (bicyclic) bond motifs is 1. The van der Waals surface area contributed by atoms with Crippen molar-refractivity contribution in [3.63, 3.8) is 0 Å². The monoisotopic (exact) mass is 269 g/mol. The molecule has 0 aliphatic heterocycles. The molecule has 1 fully saturated rings. The summed E-state index contributed by atoms with van der Waals surface area (Å²) in [7, 11) is 0. The number of nitrogens with one attached hydrogen (secondary N) is 2. The fraction of sp³-hybridized carbons (Fsp3) is 0.357. The molecule has 0 atom stereocenters. The summed E-state index contributed by atoms with van der Waals surface area (Å²) in [6.07, 6.45) is 9.90. The number of H-pyrrole nitrogens is 2. The van der Waals surface area contributed by atoms with Gasteiger partial charge in [-0.2, -0.15) is 10.2 Å². The Balaban J connectivity index is 2.02. The highest BCUT2D eigenvalue weighted by atomic mass is 16.1. The second-order valence-electron chi connectivity index (χ2n) is 5.29. The van der Waals surface area contributed by atoms with Crippen LogP contribution in [0.2, 0.25) is 0 Å². The summed E-state index contributed by atoms with van der Waals surface area (Å²) >= 11 is 0. The molecule has 0 aromatic carbocycles. The van der Waals surface area contributed by atoms with Crippen molar-refractivity contribution in [1.29, 1.82) is 0 Å². The maximum absolute atomic E-state index is 12.2. The van der Waals surface area contributed by atoms with Gasteiger partial charge in [0.2, 0.25) is 0 Å². The predicted octanol–water partition coefficient (Wildman–Crippen LogP) is 2.23. The van der Waals surface area contributed by atoms with Crippen LogP contribution in [0.4, 0.5) is 0 Å². The van der Waals surface area contributed by atoms with Crippen LogP contribution in [0.15, 0.2) is 29.5 Å². The number of hydrogen-bond acceptors (Lipinski definition) is 3. The zero-order valence-electron chi connectivity index (χ0n) is 11.0. The fourth-order valence-electron chi connectivity index (χ4n) is 3.11. The summed E-state index contributed by atoms with van der Waals surface area (Å²) < 4.78 is 2.03. The van der Waals surface area contributed by atoms with Crippen LogP contribution in [0.3, 0.4) is 0 Å². The topological polar surface area (TPSA) is 79.4 Å². The van der Waals surface area contributed by atoms with E-state index in [1.54, 1.807) is 18.6 Å². The van der Waals surface area contributed by atoms with Gasteiger partial charge in [0.1, 0.15) is 5.69 Å². The lowest BCUT2D eigenvalue weighted by atomic mass is 10.2. The molecule has 3 heterocycles. The number of aromatic nitrogens is 5. The van der Waals surface area contributed by atoms with E-state index in [4.69, 9.17) is 5.10 Å². The Kier molecular flexibility index (Phi) is 2.48. The molecule has 0 unspecified atom stereocenters. The Morgan fingerprint density at radius 2 is 2.15 bits per heavy atom. The summed E-state index contributed by atoms with van der Waals surface area (Å²) in [5.74, 6) is 0. The molecule has 102 valence electrons. The first-order valence-electron chi connectivity index (χ1n) is 6.93. The average Bonchev–Trinajstić information content (AvgIpc) is 3.19. The average molecular weight is 269 g/mol. The van der Waals surface area contributed by atoms with E-state index in [2.05, 4.69) is 15.2 Å². The van der Waals surface area contributed by atoms with Gasteiger partial charge in [-0.15, -0.1) is 0 Å². The number of hydrogen-bond donors (Lipinski definition) is 2. The van der Waals surface area contributed by atoms with Gasteiger partial charge in [0, 0.05) is 18.0 Å². The van der Waals surface area contributed by atoms with Gasteiger partial charge < -0.3 is 4.98 Å². The van der Waals surface area contributed by atoms with Crippen LogP contribution in [0.5, 0.6) is 0 Å². The lowest BCUT2D eigenvalue weighted by molar-refractivity contribution is 0.483. The van der Waals surface area contributed by atoms with E-state index in [9.17, 15) is 4.79 Å². The summed E-state index contributed by atoms with van der Waals surface area (Å²) in [6, 6.07) is 2.34. The Hall–Kier alpha value is -2.37. The first-order chi connectivity index (χ1) is 9.84. The Labute approximate surface area is 114 Å². The van der Waals surface area contributed by atoms with Gasteiger partial charge in [-0.25, -0.2) is 0 Å². The van der Waals surface area contributed by atoms with Gasteiger partial charge in [0.15, 0.2) is 0 Å². The molecule has 1 saturated carbocycles. The minimum atomic E-state index is -0.0945. The summed E-state index contributed by atoms with van der Waals surface area (Å²) in [4.78, 5) is 14.9. The van der Waals surface area contributed by atoms with E-state index in [1.807, 2.05) is 10.7 Å². The van der Waals surface area contributed by atoms with Crippen molar-refractivity contribution in [1.82, 2.24) is 25.0 Å². The van der Waals surface area contributed by atoms with Crippen LogP contribution >= 0.6 is 0 Å². The van der Waals surface area contributed by atoms with Crippen molar-refractivity contribution in [3.05, 3.63) is 35.0 Å². The molecule has 1 aliphatic rings. The number of nitrogens with zero attached hydrogens (tertiary/aromatic N) is 3. The zero-order chi connectivity index (χ0) is 13.5. The largest absolute Gasteiger partial charge is 0.328 e. The molecule has 6 nitrogen and oxygen atoms in total. The third-order valence-corrected chi connectivity index (χ3v) is 4.07. The van der Waals surface area contributed by atoms with Gasteiger partial charge >= 0.3 is 0 Å². The third kappa shape index (κ3) is 1.61. The molecule has 0 spiro atoms. The molecule has 4 rings (SSSR count). The highest BCUT2D eigenvalue weighted by Gasteiger charge is 2.23. The van der Waals surface area contributed by atoms with E-state index < -0.39 is 0 Å². The summed E-state index contributed by atoms with van der Waals surface area (Å²) in [5.41, 5.74) is 2.38. The van der Waals surface area contributed by atoms with Gasteiger partial charge in [-0.05, 0) is 18.9 Å². The standard InChI is InChI=1S/C14H15N5O/c20-14-12-11(5-6-15-14)19(10-3-1-2-4-10)18-13(12)9-7-16-17-8-9/h5-8,10H,1-4H2,(H,15,20)(H,16,17).